The first-order valence-electron chi connectivity index (χ1n) is 8.76. The highest BCUT2D eigenvalue weighted by Crippen LogP contribution is 2.40. The van der Waals surface area contributed by atoms with Crippen LogP contribution in [0, 0.1) is 5.92 Å². The van der Waals surface area contributed by atoms with Gasteiger partial charge in [0.05, 0.1) is 4.90 Å². The van der Waals surface area contributed by atoms with Gasteiger partial charge in [-0.3, -0.25) is 9.52 Å². The topological polar surface area (TPSA) is 92.3 Å². The molecule has 0 unspecified atom stereocenters. The third kappa shape index (κ3) is 3.98. The molecule has 1 amide bonds. The summed E-state index contributed by atoms with van der Waals surface area (Å²) in [5.74, 6) is 0.442. The van der Waals surface area contributed by atoms with Crippen molar-refractivity contribution in [2.75, 3.05) is 16.7 Å². The fourth-order valence-electron chi connectivity index (χ4n) is 3.14. The van der Waals surface area contributed by atoms with Crippen molar-refractivity contribution >= 4 is 38.1 Å². The van der Waals surface area contributed by atoms with Gasteiger partial charge in [-0.05, 0) is 29.7 Å². The lowest BCUT2D eigenvalue weighted by Crippen LogP contribution is -2.39. The Bertz CT molecular complexity index is 980. The molecule has 3 rings (SSSR count). The summed E-state index contributed by atoms with van der Waals surface area (Å²) in [6.07, 6.45) is 1.09. The number of nitrogens with zero attached hydrogens (tertiary/aromatic N) is 3. The van der Waals surface area contributed by atoms with E-state index in [1.165, 1.54) is 17.4 Å². The Balaban J connectivity index is 1.92. The maximum Gasteiger partial charge on any atom is 0.263 e. The van der Waals surface area contributed by atoms with Gasteiger partial charge in [0, 0.05) is 31.0 Å². The second-order valence-corrected chi connectivity index (χ2v) is 10.6. The molecule has 0 radical (unpaired) electrons. The second kappa shape index (κ2) is 6.87. The molecule has 1 aromatic carbocycles. The van der Waals surface area contributed by atoms with Gasteiger partial charge in [-0.1, -0.05) is 39.0 Å². The molecule has 7 nitrogen and oxygen atoms in total. The molecule has 146 valence electrons. The van der Waals surface area contributed by atoms with Crippen molar-refractivity contribution in [3.63, 3.8) is 0 Å². The normalized spacial score (nSPS) is 16.5. The van der Waals surface area contributed by atoms with E-state index in [2.05, 4.69) is 28.8 Å². The summed E-state index contributed by atoms with van der Waals surface area (Å²) in [7, 11) is -2.08. The number of nitrogens with one attached hydrogen (secondary N) is 1. The number of amides is 1. The van der Waals surface area contributed by atoms with Gasteiger partial charge in [0.15, 0.2) is 0 Å². The van der Waals surface area contributed by atoms with E-state index in [-0.39, 0.29) is 15.9 Å². The van der Waals surface area contributed by atoms with Crippen molar-refractivity contribution in [1.29, 1.82) is 0 Å². The molecule has 1 aliphatic heterocycles. The average molecular weight is 409 g/mol. The molecular formula is C18H24N4O3S2. The van der Waals surface area contributed by atoms with Crippen LogP contribution >= 0.6 is 11.3 Å². The highest BCUT2D eigenvalue weighted by atomic mass is 32.2. The zero-order valence-electron chi connectivity index (χ0n) is 16.1. The molecule has 0 aliphatic carbocycles. The number of benzene rings is 1. The molecule has 0 saturated heterocycles. The smallest absolute Gasteiger partial charge is 0.263 e. The van der Waals surface area contributed by atoms with Crippen LogP contribution in [0.25, 0.3) is 0 Å². The minimum Gasteiger partial charge on any atom is -0.315 e. The van der Waals surface area contributed by atoms with Gasteiger partial charge in [-0.25, -0.2) is 8.42 Å². The van der Waals surface area contributed by atoms with Crippen LogP contribution in [0.2, 0.25) is 0 Å². The number of carbonyl (C=O) groups is 1. The highest BCUT2D eigenvalue weighted by molar-refractivity contribution is 7.93. The average Bonchev–Trinajstić information content (AvgIpc) is 2.97. The predicted molar refractivity (Wildman–Crippen MR) is 107 cm³/mol. The van der Waals surface area contributed by atoms with Gasteiger partial charge in [-0.2, -0.15) is 0 Å². The maximum absolute atomic E-state index is 12.8. The summed E-state index contributed by atoms with van der Waals surface area (Å²) in [5.41, 5.74) is 1.15. The number of anilines is 2. The van der Waals surface area contributed by atoms with Crippen molar-refractivity contribution in [3.05, 3.63) is 28.8 Å². The number of carbonyl (C=O) groups excluding carboxylic acids is 1. The van der Waals surface area contributed by atoms with Crippen molar-refractivity contribution < 1.29 is 13.2 Å². The molecule has 27 heavy (non-hydrogen) atoms. The van der Waals surface area contributed by atoms with E-state index in [0.29, 0.717) is 12.3 Å². The van der Waals surface area contributed by atoms with E-state index in [0.717, 1.165) is 22.7 Å². The molecule has 0 atom stereocenters. The Labute approximate surface area is 163 Å². The van der Waals surface area contributed by atoms with Gasteiger partial charge >= 0.3 is 0 Å². The van der Waals surface area contributed by atoms with Gasteiger partial charge in [0.25, 0.3) is 10.0 Å². The summed E-state index contributed by atoms with van der Waals surface area (Å²) in [6, 6.07) is 4.85. The van der Waals surface area contributed by atoms with E-state index in [1.807, 2.05) is 13.8 Å². The molecule has 0 fully saturated rings. The number of aromatic nitrogens is 2. The van der Waals surface area contributed by atoms with E-state index >= 15 is 0 Å². The second-order valence-electron chi connectivity index (χ2n) is 7.90. The predicted octanol–water partition coefficient (Wildman–Crippen LogP) is 3.18. The lowest BCUT2D eigenvalue weighted by atomic mass is 9.77. The largest absolute Gasteiger partial charge is 0.315 e. The fraction of sp³-hybridized carbons (Fsp3) is 0.500. The number of hydrogen-bond donors (Lipinski definition) is 1. The first-order valence-corrected chi connectivity index (χ1v) is 11.1. The van der Waals surface area contributed by atoms with Crippen LogP contribution in [0.4, 0.5) is 10.8 Å². The third-order valence-electron chi connectivity index (χ3n) is 4.61. The van der Waals surface area contributed by atoms with Crippen molar-refractivity contribution in [3.8, 4) is 0 Å². The number of hydrogen-bond acceptors (Lipinski definition) is 6. The molecule has 1 N–H and O–H groups in total. The maximum atomic E-state index is 12.8. The summed E-state index contributed by atoms with van der Waals surface area (Å²) in [6.45, 7) is 8.04. The van der Waals surface area contributed by atoms with Crippen LogP contribution < -0.4 is 9.62 Å². The van der Waals surface area contributed by atoms with Crippen molar-refractivity contribution in [1.82, 2.24) is 10.2 Å². The number of fused-ring (bicyclic) bond motifs is 1. The van der Waals surface area contributed by atoms with Gasteiger partial charge in [0.2, 0.25) is 11.0 Å². The Hall–Kier alpha value is -2.00. The first-order chi connectivity index (χ1) is 12.5. The van der Waals surface area contributed by atoms with E-state index in [1.54, 1.807) is 24.1 Å². The summed E-state index contributed by atoms with van der Waals surface area (Å²) >= 11 is 1.25. The van der Waals surface area contributed by atoms with Gasteiger partial charge < -0.3 is 4.90 Å². The Morgan fingerprint density at radius 2 is 2.00 bits per heavy atom. The standard InChI is InChI=1S/C18H24N4O3S2/c1-11(2)8-15-19-20-17(26-15)21-27(24,25)12-6-7-14-13(9-12)18(3,4)10-16(23)22(14)5/h6-7,9,11H,8,10H2,1-5H3,(H,20,21). The van der Waals surface area contributed by atoms with E-state index < -0.39 is 15.4 Å². The lowest BCUT2D eigenvalue weighted by molar-refractivity contribution is -0.119. The summed E-state index contributed by atoms with van der Waals surface area (Å²) < 4.78 is 28.2. The van der Waals surface area contributed by atoms with Crippen molar-refractivity contribution in [2.24, 2.45) is 5.92 Å². The monoisotopic (exact) mass is 408 g/mol. The molecule has 1 aliphatic rings. The third-order valence-corrected chi connectivity index (χ3v) is 6.93. The van der Waals surface area contributed by atoms with Gasteiger partial charge in [-0.15, -0.1) is 10.2 Å². The highest BCUT2D eigenvalue weighted by Gasteiger charge is 2.36. The summed E-state index contributed by atoms with van der Waals surface area (Å²) in [5, 5.41) is 9.05. The molecule has 9 heteroatoms. The van der Waals surface area contributed by atoms with Gasteiger partial charge in [0.1, 0.15) is 5.01 Å². The zero-order valence-corrected chi connectivity index (χ0v) is 17.7. The van der Waals surface area contributed by atoms with Crippen LogP contribution in [-0.4, -0.2) is 31.6 Å². The first kappa shape index (κ1) is 19.8. The Morgan fingerprint density at radius 1 is 1.30 bits per heavy atom. The van der Waals surface area contributed by atoms with Crippen LogP contribution in [0.1, 0.15) is 44.7 Å². The van der Waals surface area contributed by atoms with Crippen LogP contribution in [0.3, 0.4) is 0 Å². The number of sulfonamides is 1. The molecule has 1 aromatic heterocycles. The molecule has 0 spiro atoms. The lowest BCUT2D eigenvalue weighted by Gasteiger charge is -2.37. The van der Waals surface area contributed by atoms with Crippen molar-refractivity contribution in [2.45, 2.75) is 50.8 Å². The Morgan fingerprint density at radius 3 is 2.67 bits per heavy atom. The van der Waals surface area contributed by atoms with E-state index in [4.69, 9.17) is 0 Å². The van der Waals surface area contributed by atoms with Crippen LogP contribution in [0.5, 0.6) is 0 Å². The molecule has 2 aromatic rings. The van der Waals surface area contributed by atoms with Crippen LogP contribution in [-0.2, 0) is 26.7 Å². The molecule has 2 heterocycles. The Kier molecular flexibility index (Phi) is 5.02. The zero-order chi connectivity index (χ0) is 20.0. The molecular weight excluding hydrogens is 384 g/mol. The minimum absolute atomic E-state index is 0.0211. The fourth-order valence-corrected chi connectivity index (χ4v) is 5.35. The number of rotatable bonds is 5. The molecule has 0 bridgehead atoms. The summed E-state index contributed by atoms with van der Waals surface area (Å²) in [4.78, 5) is 13.9. The quantitative estimate of drug-likeness (QED) is 0.820. The minimum atomic E-state index is -3.79. The SMILES string of the molecule is CC(C)Cc1nnc(NS(=O)(=O)c2ccc3c(c2)C(C)(C)CC(=O)N3C)s1. The molecule has 0 saturated carbocycles. The van der Waals surface area contributed by atoms with Crippen LogP contribution in [0.15, 0.2) is 23.1 Å². The van der Waals surface area contributed by atoms with E-state index in [9.17, 15) is 13.2 Å².